The maximum Gasteiger partial charge on any atom is 0.126 e. The number of quaternary nitrogens is 1. The Labute approximate surface area is 189 Å². The average molecular weight is 434 g/mol. The summed E-state index contributed by atoms with van der Waals surface area (Å²) in [4.78, 5) is 0. The Hall–Kier alpha value is -0.610. The fourth-order valence-electron chi connectivity index (χ4n) is 7.99. The Morgan fingerprint density at radius 2 is 1.57 bits per heavy atom. The summed E-state index contributed by atoms with van der Waals surface area (Å²) in [6.45, 7) is 5.64. The monoisotopic (exact) mass is 433 g/mol. The highest BCUT2D eigenvalue weighted by Crippen LogP contribution is 2.61. The summed E-state index contributed by atoms with van der Waals surface area (Å²) in [6.07, 6.45) is 12.4. The molecular weight excluding hydrogens is 394 g/mol. The van der Waals surface area contributed by atoms with Gasteiger partial charge in [0.05, 0.1) is 19.7 Å². The molecule has 5 fully saturated rings. The number of aliphatic hydroxyl groups excluding tert-OH is 1. The number of ether oxygens (including phenoxy) is 1. The first-order valence-electron chi connectivity index (χ1n) is 12.3. The highest BCUT2D eigenvalue weighted by atomic mass is 35.5. The molecule has 0 aromatic heterocycles. The molecule has 4 saturated carbocycles. The van der Waals surface area contributed by atoms with Crippen LogP contribution in [0.1, 0.15) is 63.4 Å². The van der Waals surface area contributed by atoms with Crippen molar-refractivity contribution in [3.63, 3.8) is 0 Å². The van der Waals surface area contributed by atoms with Crippen molar-refractivity contribution in [2.24, 2.45) is 23.2 Å². The Morgan fingerprint density at radius 1 is 0.967 bits per heavy atom. The van der Waals surface area contributed by atoms with Crippen LogP contribution >= 0.6 is 0 Å². The van der Waals surface area contributed by atoms with Gasteiger partial charge in [0.2, 0.25) is 0 Å². The highest BCUT2D eigenvalue weighted by molar-refractivity contribution is 5.13. The van der Waals surface area contributed by atoms with E-state index in [-0.39, 0.29) is 18.5 Å². The van der Waals surface area contributed by atoms with Gasteiger partial charge in [-0.15, -0.1) is 0 Å². The van der Waals surface area contributed by atoms with E-state index >= 15 is 0 Å². The molecule has 1 heterocycles. The van der Waals surface area contributed by atoms with Gasteiger partial charge in [-0.2, -0.15) is 0 Å². The maximum absolute atomic E-state index is 10.8. The van der Waals surface area contributed by atoms with E-state index in [9.17, 15) is 5.11 Å². The normalized spacial score (nSPS) is 34.6. The first kappa shape index (κ1) is 22.6. The zero-order valence-corrected chi connectivity index (χ0v) is 19.2. The van der Waals surface area contributed by atoms with Crippen LogP contribution in [-0.4, -0.2) is 48.5 Å². The summed E-state index contributed by atoms with van der Waals surface area (Å²) in [5, 5.41) is 10.8. The molecule has 168 valence electrons. The van der Waals surface area contributed by atoms with Gasteiger partial charge in [0, 0.05) is 25.0 Å². The van der Waals surface area contributed by atoms with Crippen molar-refractivity contribution in [1.29, 1.82) is 0 Å². The molecule has 1 atom stereocenters. The minimum Gasteiger partial charge on any atom is -1.00 e. The van der Waals surface area contributed by atoms with E-state index in [1.165, 1.54) is 76.4 Å². The van der Waals surface area contributed by atoms with Crippen molar-refractivity contribution in [1.82, 2.24) is 0 Å². The first-order chi connectivity index (χ1) is 14.1. The second-order valence-electron chi connectivity index (χ2n) is 11.2. The lowest BCUT2D eigenvalue weighted by Crippen LogP contribution is -3.00. The molecule has 1 aliphatic heterocycles. The average Bonchev–Trinajstić information content (AvgIpc) is 3.13. The Balaban J connectivity index is 0.00000218. The number of halogens is 1. The summed E-state index contributed by atoms with van der Waals surface area (Å²) < 4.78 is 7.11. The van der Waals surface area contributed by atoms with E-state index in [0.717, 1.165) is 41.9 Å². The van der Waals surface area contributed by atoms with Crippen molar-refractivity contribution in [2.45, 2.75) is 70.4 Å². The Morgan fingerprint density at radius 3 is 2.17 bits per heavy atom. The number of aliphatic hydroxyl groups is 1. The third kappa shape index (κ3) is 5.06. The van der Waals surface area contributed by atoms with E-state index in [4.69, 9.17) is 4.74 Å². The quantitative estimate of drug-likeness (QED) is 0.475. The molecule has 4 heteroatoms. The lowest BCUT2D eigenvalue weighted by molar-refractivity contribution is -0.932. The zero-order valence-electron chi connectivity index (χ0n) is 18.5. The van der Waals surface area contributed by atoms with Gasteiger partial charge < -0.3 is 26.7 Å². The summed E-state index contributed by atoms with van der Waals surface area (Å²) in [5.74, 6) is 3.05. The van der Waals surface area contributed by atoms with Crippen LogP contribution in [0.4, 0.5) is 0 Å². The number of likely N-dealkylation sites (tertiary alicyclic amines) is 1. The molecule has 6 rings (SSSR count). The summed E-state index contributed by atoms with van der Waals surface area (Å²) in [6, 6.07) is 10.8. The third-order valence-corrected chi connectivity index (χ3v) is 8.73. The second-order valence-corrected chi connectivity index (χ2v) is 11.2. The predicted molar refractivity (Wildman–Crippen MR) is 116 cm³/mol. The fourth-order valence-corrected chi connectivity index (χ4v) is 7.99. The van der Waals surface area contributed by atoms with Crippen LogP contribution in [0.5, 0.6) is 0 Å². The molecule has 3 nitrogen and oxygen atoms in total. The van der Waals surface area contributed by atoms with Crippen molar-refractivity contribution in [3.8, 4) is 0 Å². The van der Waals surface area contributed by atoms with E-state index in [1.807, 2.05) is 0 Å². The molecule has 1 N–H and O–H groups in total. The van der Waals surface area contributed by atoms with Crippen LogP contribution in [0.3, 0.4) is 0 Å². The van der Waals surface area contributed by atoms with E-state index < -0.39 is 0 Å². The molecule has 0 spiro atoms. The summed E-state index contributed by atoms with van der Waals surface area (Å²) >= 11 is 0. The summed E-state index contributed by atoms with van der Waals surface area (Å²) in [7, 11) is 0. The molecule has 5 aliphatic rings. The molecule has 0 radical (unpaired) electrons. The van der Waals surface area contributed by atoms with Crippen LogP contribution in [0, 0.1) is 23.2 Å². The predicted octanol–water partition coefficient (Wildman–Crippen LogP) is 1.79. The Kier molecular flexibility index (Phi) is 7.14. The smallest absolute Gasteiger partial charge is 0.126 e. The lowest BCUT2D eigenvalue weighted by atomic mass is 9.49. The molecule has 30 heavy (non-hydrogen) atoms. The standard InChI is InChI=1S/C26H40NO2.ClH/c28-25(19-27(9-4-5-10-27)18-21-6-2-1-3-7-21)20-29-11-8-26-15-22-12-23(16-26)14-24(13-22)17-26;/h1-3,6-7,22-25,28H,4-5,8-20H2;1H/q+1;/p-1. The second kappa shape index (κ2) is 9.48. The van der Waals surface area contributed by atoms with Gasteiger partial charge in [-0.1, -0.05) is 30.3 Å². The largest absolute Gasteiger partial charge is 1.00 e. The van der Waals surface area contributed by atoms with E-state index in [1.54, 1.807) is 0 Å². The SMILES string of the molecule is OC(COCCC12CC3CC(CC(C3)C1)C2)C[N+]1(Cc2ccccc2)CCCC1.[Cl-]. The van der Waals surface area contributed by atoms with Crippen LogP contribution in [0.25, 0.3) is 0 Å². The minimum absolute atomic E-state index is 0. The van der Waals surface area contributed by atoms with Gasteiger partial charge in [0.25, 0.3) is 0 Å². The van der Waals surface area contributed by atoms with Crippen LogP contribution in [0.2, 0.25) is 0 Å². The van der Waals surface area contributed by atoms with Crippen molar-refractivity contribution < 1.29 is 26.7 Å². The zero-order chi connectivity index (χ0) is 19.7. The number of hydrogen-bond donors (Lipinski definition) is 1. The van der Waals surface area contributed by atoms with Crippen LogP contribution < -0.4 is 12.4 Å². The van der Waals surface area contributed by atoms with Gasteiger partial charge in [0.15, 0.2) is 0 Å². The first-order valence-corrected chi connectivity index (χ1v) is 12.3. The number of nitrogens with zero attached hydrogens (tertiary/aromatic N) is 1. The molecule has 4 bridgehead atoms. The lowest BCUT2D eigenvalue weighted by Gasteiger charge is -2.57. The number of benzene rings is 1. The molecule has 0 amide bonds. The van der Waals surface area contributed by atoms with Gasteiger partial charge in [-0.25, -0.2) is 0 Å². The molecular formula is C26H40ClNO2. The van der Waals surface area contributed by atoms with Gasteiger partial charge in [0.1, 0.15) is 19.2 Å². The molecule has 4 aliphatic carbocycles. The van der Waals surface area contributed by atoms with Gasteiger partial charge in [-0.05, 0) is 68.1 Å². The van der Waals surface area contributed by atoms with Crippen LogP contribution in [0.15, 0.2) is 30.3 Å². The topological polar surface area (TPSA) is 29.5 Å². The fraction of sp³-hybridized carbons (Fsp3) is 0.769. The summed E-state index contributed by atoms with van der Waals surface area (Å²) in [5.41, 5.74) is 1.99. The van der Waals surface area contributed by atoms with Crippen molar-refractivity contribution in [2.75, 3.05) is 32.8 Å². The van der Waals surface area contributed by atoms with Gasteiger partial charge in [-0.3, -0.25) is 0 Å². The van der Waals surface area contributed by atoms with Gasteiger partial charge >= 0.3 is 0 Å². The molecule has 1 saturated heterocycles. The van der Waals surface area contributed by atoms with Crippen molar-refractivity contribution >= 4 is 0 Å². The van der Waals surface area contributed by atoms with Crippen molar-refractivity contribution in [3.05, 3.63) is 35.9 Å². The molecule has 1 unspecified atom stereocenters. The van der Waals surface area contributed by atoms with Crippen LogP contribution in [-0.2, 0) is 11.3 Å². The third-order valence-electron chi connectivity index (χ3n) is 8.73. The molecule has 1 aromatic rings. The maximum atomic E-state index is 10.8. The Bertz CT molecular complexity index is 638. The highest BCUT2D eigenvalue weighted by Gasteiger charge is 2.50. The number of hydrogen-bond acceptors (Lipinski definition) is 2. The minimum atomic E-state index is -0.340. The number of rotatable bonds is 9. The van der Waals surface area contributed by atoms with E-state index in [0.29, 0.717) is 12.0 Å². The molecule has 1 aromatic carbocycles. The van der Waals surface area contributed by atoms with E-state index in [2.05, 4.69) is 30.3 Å².